The standard InChI is InChI=1S/C20H19ClN4O2/c21-15-7-5-14(6-8-15)13-24-9-11-25(12-10-24)20(27)18-16-3-1-2-4-17(16)19(26)23-22-18/h1-8H,9-13H2,(H,23,26). The highest BCUT2D eigenvalue weighted by Crippen LogP contribution is 2.17. The molecule has 138 valence electrons. The van der Waals surface area contributed by atoms with Crippen molar-refractivity contribution >= 4 is 28.3 Å². The maximum Gasteiger partial charge on any atom is 0.275 e. The lowest BCUT2D eigenvalue weighted by atomic mass is 10.1. The van der Waals surface area contributed by atoms with E-state index in [4.69, 9.17) is 11.6 Å². The molecule has 3 aromatic rings. The molecule has 1 aromatic heterocycles. The number of aromatic amines is 1. The van der Waals surface area contributed by atoms with Crippen molar-refractivity contribution in [2.75, 3.05) is 26.2 Å². The van der Waals surface area contributed by atoms with Crippen LogP contribution in [0.1, 0.15) is 16.1 Å². The minimum atomic E-state index is -0.282. The van der Waals surface area contributed by atoms with Gasteiger partial charge in [0.25, 0.3) is 11.5 Å². The van der Waals surface area contributed by atoms with Crippen LogP contribution >= 0.6 is 11.6 Å². The number of fused-ring (bicyclic) bond motifs is 1. The fourth-order valence-corrected chi connectivity index (χ4v) is 3.51. The highest BCUT2D eigenvalue weighted by molar-refractivity contribution is 6.30. The normalized spacial score (nSPS) is 15.2. The Balaban J connectivity index is 1.45. The molecular weight excluding hydrogens is 364 g/mol. The number of nitrogens with zero attached hydrogens (tertiary/aromatic N) is 3. The molecule has 4 rings (SSSR count). The van der Waals surface area contributed by atoms with E-state index in [-0.39, 0.29) is 11.5 Å². The first-order valence-electron chi connectivity index (χ1n) is 8.85. The number of piperazine rings is 1. The van der Waals surface area contributed by atoms with Gasteiger partial charge in [-0.15, -0.1) is 0 Å². The number of benzene rings is 2. The Hall–Kier alpha value is -2.70. The zero-order chi connectivity index (χ0) is 18.8. The van der Waals surface area contributed by atoms with Crippen LogP contribution in [-0.4, -0.2) is 52.1 Å². The van der Waals surface area contributed by atoms with Crippen molar-refractivity contribution in [3.05, 3.63) is 75.2 Å². The molecule has 1 aliphatic rings. The molecule has 0 aliphatic carbocycles. The summed E-state index contributed by atoms with van der Waals surface area (Å²) in [5.74, 6) is -0.145. The number of hydrogen-bond donors (Lipinski definition) is 1. The van der Waals surface area contributed by atoms with Gasteiger partial charge in [-0.2, -0.15) is 5.10 Å². The molecule has 2 aromatic carbocycles. The Morgan fingerprint density at radius 2 is 1.67 bits per heavy atom. The third kappa shape index (κ3) is 3.72. The van der Waals surface area contributed by atoms with Crippen molar-refractivity contribution in [1.82, 2.24) is 20.0 Å². The van der Waals surface area contributed by atoms with Gasteiger partial charge in [0.05, 0.1) is 5.39 Å². The van der Waals surface area contributed by atoms with Crippen molar-refractivity contribution in [1.29, 1.82) is 0 Å². The van der Waals surface area contributed by atoms with Crippen LogP contribution in [-0.2, 0) is 6.54 Å². The Labute approximate surface area is 161 Å². The lowest BCUT2D eigenvalue weighted by molar-refractivity contribution is 0.0623. The molecule has 0 radical (unpaired) electrons. The number of carbonyl (C=O) groups is 1. The molecule has 1 aliphatic heterocycles. The first kappa shape index (κ1) is 17.7. The molecule has 27 heavy (non-hydrogen) atoms. The molecule has 0 unspecified atom stereocenters. The Bertz CT molecular complexity index is 1020. The number of rotatable bonds is 3. The number of hydrogen-bond acceptors (Lipinski definition) is 4. The van der Waals surface area contributed by atoms with Gasteiger partial charge in [0.1, 0.15) is 0 Å². The molecule has 7 heteroatoms. The van der Waals surface area contributed by atoms with Crippen molar-refractivity contribution < 1.29 is 4.79 Å². The summed E-state index contributed by atoms with van der Waals surface area (Å²) in [7, 11) is 0. The van der Waals surface area contributed by atoms with E-state index in [1.165, 1.54) is 5.56 Å². The maximum absolute atomic E-state index is 12.9. The second kappa shape index (κ2) is 7.50. The van der Waals surface area contributed by atoms with Gasteiger partial charge in [0.2, 0.25) is 0 Å². The number of amides is 1. The fraction of sp³-hybridized carbons (Fsp3) is 0.250. The topological polar surface area (TPSA) is 69.3 Å². The molecule has 0 spiro atoms. The molecule has 2 heterocycles. The Kier molecular flexibility index (Phi) is 4.92. The molecule has 0 atom stereocenters. The number of H-pyrrole nitrogens is 1. The second-order valence-electron chi connectivity index (χ2n) is 6.64. The SMILES string of the molecule is O=C(c1n[nH]c(=O)c2ccccc12)N1CCN(Cc2ccc(Cl)cc2)CC1. The third-order valence-corrected chi connectivity index (χ3v) is 5.13. The molecule has 1 saturated heterocycles. The van der Waals surface area contributed by atoms with E-state index in [1.54, 1.807) is 23.1 Å². The minimum Gasteiger partial charge on any atom is -0.335 e. The summed E-state index contributed by atoms with van der Waals surface area (Å²) in [4.78, 5) is 29.0. The van der Waals surface area contributed by atoms with E-state index in [0.717, 1.165) is 24.7 Å². The highest BCUT2D eigenvalue weighted by Gasteiger charge is 2.25. The van der Waals surface area contributed by atoms with Gasteiger partial charge in [-0.25, -0.2) is 5.10 Å². The Morgan fingerprint density at radius 3 is 2.37 bits per heavy atom. The van der Waals surface area contributed by atoms with Gasteiger partial charge >= 0.3 is 0 Å². The average Bonchev–Trinajstić information content (AvgIpc) is 2.70. The summed E-state index contributed by atoms with van der Waals surface area (Å²) in [6.07, 6.45) is 0. The van der Waals surface area contributed by atoms with Crippen LogP contribution in [0, 0.1) is 0 Å². The minimum absolute atomic E-state index is 0.145. The summed E-state index contributed by atoms with van der Waals surface area (Å²) in [6, 6.07) is 14.9. The van der Waals surface area contributed by atoms with Crippen LogP contribution in [0.2, 0.25) is 5.02 Å². The van der Waals surface area contributed by atoms with Gasteiger partial charge in [-0.1, -0.05) is 41.9 Å². The number of nitrogens with one attached hydrogen (secondary N) is 1. The van der Waals surface area contributed by atoms with Gasteiger partial charge in [0, 0.05) is 43.1 Å². The van der Waals surface area contributed by atoms with Crippen LogP contribution in [0.5, 0.6) is 0 Å². The van der Waals surface area contributed by atoms with Gasteiger partial charge < -0.3 is 4.90 Å². The van der Waals surface area contributed by atoms with Crippen LogP contribution in [0.25, 0.3) is 10.8 Å². The molecule has 1 N–H and O–H groups in total. The second-order valence-corrected chi connectivity index (χ2v) is 7.08. The largest absolute Gasteiger partial charge is 0.335 e. The van der Waals surface area contributed by atoms with Crippen LogP contribution in [0.4, 0.5) is 0 Å². The first-order chi connectivity index (χ1) is 13.1. The quantitative estimate of drug-likeness (QED) is 0.755. The van der Waals surface area contributed by atoms with Gasteiger partial charge in [0.15, 0.2) is 5.69 Å². The van der Waals surface area contributed by atoms with Crippen molar-refractivity contribution in [2.24, 2.45) is 0 Å². The maximum atomic E-state index is 12.9. The Morgan fingerprint density at radius 1 is 1.00 bits per heavy atom. The molecule has 0 bridgehead atoms. The predicted octanol–water partition coefficient (Wildman–Crippen LogP) is 2.53. The van der Waals surface area contributed by atoms with E-state index in [2.05, 4.69) is 15.1 Å². The summed E-state index contributed by atoms with van der Waals surface area (Å²) in [6.45, 7) is 3.66. The lowest BCUT2D eigenvalue weighted by Crippen LogP contribution is -2.48. The van der Waals surface area contributed by atoms with E-state index >= 15 is 0 Å². The van der Waals surface area contributed by atoms with E-state index in [0.29, 0.717) is 29.6 Å². The van der Waals surface area contributed by atoms with Crippen LogP contribution in [0.15, 0.2) is 53.3 Å². The zero-order valence-corrected chi connectivity index (χ0v) is 15.4. The van der Waals surface area contributed by atoms with Crippen molar-refractivity contribution in [3.63, 3.8) is 0 Å². The van der Waals surface area contributed by atoms with Crippen molar-refractivity contribution in [2.45, 2.75) is 6.54 Å². The molecule has 0 saturated carbocycles. The zero-order valence-electron chi connectivity index (χ0n) is 14.7. The van der Waals surface area contributed by atoms with E-state index in [1.807, 2.05) is 30.3 Å². The summed E-state index contributed by atoms with van der Waals surface area (Å²) in [5.41, 5.74) is 1.22. The number of carbonyl (C=O) groups excluding carboxylic acids is 1. The van der Waals surface area contributed by atoms with Crippen molar-refractivity contribution in [3.8, 4) is 0 Å². The summed E-state index contributed by atoms with van der Waals surface area (Å²) >= 11 is 5.93. The monoisotopic (exact) mass is 382 g/mol. The first-order valence-corrected chi connectivity index (χ1v) is 9.23. The fourth-order valence-electron chi connectivity index (χ4n) is 3.38. The highest BCUT2D eigenvalue weighted by atomic mass is 35.5. The molecular formula is C20H19ClN4O2. The van der Waals surface area contributed by atoms with E-state index in [9.17, 15) is 9.59 Å². The van der Waals surface area contributed by atoms with Gasteiger partial charge in [-0.05, 0) is 23.8 Å². The van der Waals surface area contributed by atoms with E-state index < -0.39 is 0 Å². The summed E-state index contributed by atoms with van der Waals surface area (Å²) in [5, 5.41) is 8.26. The van der Waals surface area contributed by atoms with Gasteiger partial charge in [-0.3, -0.25) is 14.5 Å². The van der Waals surface area contributed by atoms with Crippen LogP contribution in [0.3, 0.4) is 0 Å². The smallest absolute Gasteiger partial charge is 0.275 e. The summed E-state index contributed by atoms with van der Waals surface area (Å²) < 4.78 is 0. The predicted molar refractivity (Wildman–Crippen MR) is 105 cm³/mol. The molecule has 6 nitrogen and oxygen atoms in total. The third-order valence-electron chi connectivity index (χ3n) is 4.88. The number of aromatic nitrogens is 2. The molecule has 1 fully saturated rings. The molecule has 1 amide bonds. The van der Waals surface area contributed by atoms with Crippen LogP contribution < -0.4 is 5.56 Å². The average molecular weight is 383 g/mol. The lowest BCUT2D eigenvalue weighted by Gasteiger charge is -2.34. The number of halogens is 1.